The normalized spacial score (nSPS) is 16.3. The molecule has 1 amide bonds. The third-order valence-electron chi connectivity index (χ3n) is 4.17. The predicted molar refractivity (Wildman–Crippen MR) is 89.2 cm³/mol. The fourth-order valence-electron chi connectivity index (χ4n) is 2.84. The van der Waals surface area contributed by atoms with Crippen LogP contribution in [0.25, 0.3) is 0 Å². The molecule has 2 aromatic rings. The molecule has 1 saturated heterocycles. The van der Waals surface area contributed by atoms with Crippen molar-refractivity contribution in [3.63, 3.8) is 0 Å². The number of rotatable bonds is 6. The molecule has 2 heterocycles. The van der Waals surface area contributed by atoms with E-state index >= 15 is 0 Å². The lowest BCUT2D eigenvalue weighted by Crippen LogP contribution is -2.48. The molecule has 122 valence electrons. The van der Waals surface area contributed by atoms with Gasteiger partial charge in [0.05, 0.1) is 6.26 Å². The first-order chi connectivity index (χ1) is 11.3. The summed E-state index contributed by atoms with van der Waals surface area (Å²) in [6.45, 7) is 6.78. The van der Waals surface area contributed by atoms with Gasteiger partial charge in [0, 0.05) is 45.8 Å². The molecule has 1 aliphatic heterocycles. The van der Waals surface area contributed by atoms with Crippen molar-refractivity contribution >= 4 is 5.91 Å². The van der Waals surface area contributed by atoms with E-state index in [0.717, 1.165) is 39.3 Å². The molecule has 1 fully saturated rings. The molecule has 0 unspecified atom stereocenters. The number of hydrogen-bond acceptors (Lipinski definition) is 4. The van der Waals surface area contributed by atoms with E-state index in [1.54, 1.807) is 12.1 Å². The van der Waals surface area contributed by atoms with Crippen LogP contribution in [0.2, 0.25) is 0 Å². The van der Waals surface area contributed by atoms with Crippen molar-refractivity contribution in [1.29, 1.82) is 0 Å². The van der Waals surface area contributed by atoms with Crippen molar-refractivity contribution in [1.82, 2.24) is 15.1 Å². The lowest BCUT2D eigenvalue weighted by atomic mass is 10.2. The van der Waals surface area contributed by atoms with Gasteiger partial charge < -0.3 is 9.73 Å². The Hall–Kier alpha value is -2.11. The number of piperazine rings is 1. The summed E-state index contributed by atoms with van der Waals surface area (Å²) in [5, 5.41) is 2.90. The molecule has 1 aliphatic rings. The standard InChI is InChI=1S/C18H23N3O2/c22-18(17-7-4-14-23-17)19-8-9-20-10-12-21(13-11-20)15-16-5-2-1-3-6-16/h1-7,14H,8-13,15H2,(H,19,22). The maximum atomic E-state index is 11.8. The summed E-state index contributed by atoms with van der Waals surface area (Å²) < 4.78 is 5.08. The van der Waals surface area contributed by atoms with E-state index < -0.39 is 0 Å². The second kappa shape index (κ2) is 7.94. The molecular weight excluding hydrogens is 290 g/mol. The van der Waals surface area contributed by atoms with E-state index in [9.17, 15) is 4.79 Å². The quantitative estimate of drug-likeness (QED) is 0.884. The van der Waals surface area contributed by atoms with Crippen LogP contribution >= 0.6 is 0 Å². The minimum atomic E-state index is -0.141. The SMILES string of the molecule is O=C(NCCN1CCN(Cc2ccccc2)CC1)c1ccco1. The topological polar surface area (TPSA) is 48.7 Å². The number of benzene rings is 1. The number of carbonyl (C=O) groups is 1. The average Bonchev–Trinajstić information content (AvgIpc) is 3.12. The minimum absolute atomic E-state index is 0.141. The molecule has 1 aromatic carbocycles. The zero-order valence-electron chi connectivity index (χ0n) is 13.3. The zero-order valence-corrected chi connectivity index (χ0v) is 13.3. The summed E-state index contributed by atoms with van der Waals surface area (Å²) in [6, 6.07) is 14.0. The maximum absolute atomic E-state index is 11.8. The number of nitrogens with one attached hydrogen (secondary N) is 1. The number of furan rings is 1. The van der Waals surface area contributed by atoms with E-state index in [4.69, 9.17) is 4.42 Å². The van der Waals surface area contributed by atoms with Crippen molar-refractivity contribution < 1.29 is 9.21 Å². The Labute approximate surface area is 136 Å². The fraction of sp³-hybridized carbons (Fsp3) is 0.389. The van der Waals surface area contributed by atoms with Gasteiger partial charge in [-0.1, -0.05) is 30.3 Å². The minimum Gasteiger partial charge on any atom is -0.459 e. The summed E-state index contributed by atoms with van der Waals surface area (Å²) in [6.07, 6.45) is 1.51. The van der Waals surface area contributed by atoms with Gasteiger partial charge in [-0.15, -0.1) is 0 Å². The first-order valence-corrected chi connectivity index (χ1v) is 8.11. The summed E-state index contributed by atoms with van der Waals surface area (Å²) in [5.74, 6) is 0.232. The molecule has 1 N–H and O–H groups in total. The molecule has 0 radical (unpaired) electrons. The van der Waals surface area contributed by atoms with Crippen LogP contribution in [0.3, 0.4) is 0 Å². The van der Waals surface area contributed by atoms with Crippen LogP contribution in [-0.4, -0.2) is 55.0 Å². The zero-order chi connectivity index (χ0) is 15.9. The van der Waals surface area contributed by atoms with Gasteiger partial charge in [0.25, 0.3) is 5.91 Å². The van der Waals surface area contributed by atoms with Gasteiger partial charge in [0.2, 0.25) is 0 Å². The Balaban J connectivity index is 1.34. The van der Waals surface area contributed by atoms with Gasteiger partial charge in [0.1, 0.15) is 0 Å². The molecule has 0 saturated carbocycles. The monoisotopic (exact) mass is 313 g/mol. The predicted octanol–water partition coefficient (Wildman–Crippen LogP) is 1.83. The molecule has 0 aliphatic carbocycles. The highest BCUT2D eigenvalue weighted by molar-refractivity contribution is 5.91. The fourth-order valence-corrected chi connectivity index (χ4v) is 2.84. The van der Waals surface area contributed by atoms with Gasteiger partial charge in [0.15, 0.2) is 5.76 Å². The highest BCUT2D eigenvalue weighted by Gasteiger charge is 2.17. The Bertz CT molecular complexity index is 590. The molecule has 3 rings (SSSR count). The number of hydrogen-bond donors (Lipinski definition) is 1. The first kappa shape index (κ1) is 15.8. The number of nitrogens with zero attached hydrogens (tertiary/aromatic N) is 2. The first-order valence-electron chi connectivity index (χ1n) is 8.11. The van der Waals surface area contributed by atoms with Crippen LogP contribution in [0.1, 0.15) is 16.1 Å². The largest absolute Gasteiger partial charge is 0.459 e. The Morgan fingerprint density at radius 2 is 1.74 bits per heavy atom. The van der Waals surface area contributed by atoms with Crippen molar-refractivity contribution in [2.45, 2.75) is 6.54 Å². The Morgan fingerprint density at radius 1 is 1.00 bits per heavy atom. The highest BCUT2D eigenvalue weighted by atomic mass is 16.3. The average molecular weight is 313 g/mol. The summed E-state index contributed by atoms with van der Waals surface area (Å²) in [5.41, 5.74) is 1.37. The van der Waals surface area contributed by atoms with Crippen molar-refractivity contribution in [3.05, 3.63) is 60.1 Å². The molecule has 0 spiro atoms. The van der Waals surface area contributed by atoms with E-state index in [-0.39, 0.29) is 5.91 Å². The summed E-state index contributed by atoms with van der Waals surface area (Å²) >= 11 is 0. The van der Waals surface area contributed by atoms with Gasteiger partial charge in [-0.3, -0.25) is 14.6 Å². The molecule has 23 heavy (non-hydrogen) atoms. The third-order valence-corrected chi connectivity index (χ3v) is 4.17. The lowest BCUT2D eigenvalue weighted by molar-refractivity contribution is 0.0907. The van der Waals surface area contributed by atoms with E-state index in [1.807, 2.05) is 0 Å². The molecule has 0 bridgehead atoms. The van der Waals surface area contributed by atoms with Crippen LogP contribution in [-0.2, 0) is 6.54 Å². The van der Waals surface area contributed by atoms with E-state index in [2.05, 4.69) is 45.4 Å². The Morgan fingerprint density at radius 3 is 2.43 bits per heavy atom. The number of carbonyl (C=O) groups excluding carboxylic acids is 1. The third kappa shape index (κ3) is 4.68. The maximum Gasteiger partial charge on any atom is 0.287 e. The van der Waals surface area contributed by atoms with Crippen LogP contribution in [0.15, 0.2) is 53.1 Å². The summed E-state index contributed by atoms with van der Waals surface area (Å²) in [4.78, 5) is 16.6. The van der Waals surface area contributed by atoms with Crippen LogP contribution < -0.4 is 5.32 Å². The van der Waals surface area contributed by atoms with Gasteiger partial charge in [-0.25, -0.2) is 0 Å². The Kier molecular flexibility index (Phi) is 5.45. The lowest BCUT2D eigenvalue weighted by Gasteiger charge is -2.34. The number of amides is 1. The van der Waals surface area contributed by atoms with Gasteiger partial charge >= 0.3 is 0 Å². The molecule has 5 nitrogen and oxygen atoms in total. The summed E-state index contributed by atoms with van der Waals surface area (Å²) in [7, 11) is 0. The van der Waals surface area contributed by atoms with E-state index in [1.165, 1.54) is 11.8 Å². The molecule has 5 heteroatoms. The second-order valence-electron chi connectivity index (χ2n) is 5.84. The van der Waals surface area contributed by atoms with Crippen LogP contribution in [0.4, 0.5) is 0 Å². The van der Waals surface area contributed by atoms with Crippen LogP contribution in [0.5, 0.6) is 0 Å². The van der Waals surface area contributed by atoms with Gasteiger partial charge in [-0.2, -0.15) is 0 Å². The van der Waals surface area contributed by atoms with Crippen LogP contribution in [0, 0.1) is 0 Å². The van der Waals surface area contributed by atoms with E-state index in [0.29, 0.717) is 12.3 Å². The molecule has 0 atom stereocenters. The van der Waals surface area contributed by atoms with Crippen molar-refractivity contribution in [2.75, 3.05) is 39.3 Å². The molecule has 1 aromatic heterocycles. The molecular formula is C18H23N3O2. The highest BCUT2D eigenvalue weighted by Crippen LogP contribution is 2.08. The van der Waals surface area contributed by atoms with Crippen molar-refractivity contribution in [3.8, 4) is 0 Å². The van der Waals surface area contributed by atoms with Gasteiger partial charge in [-0.05, 0) is 17.7 Å². The smallest absolute Gasteiger partial charge is 0.287 e. The van der Waals surface area contributed by atoms with Crippen molar-refractivity contribution in [2.24, 2.45) is 0 Å². The second-order valence-corrected chi connectivity index (χ2v) is 5.84.